The molecule has 0 saturated heterocycles. The van der Waals surface area contributed by atoms with Gasteiger partial charge >= 0.3 is 23.9 Å². The quantitative estimate of drug-likeness (QED) is 0.242. The standard InChI is InChI=1S/C8H10N10O4/c9-5-13-7(11,17-15-5)21-3(19)1-2-4(20)22-8(12)14-6(10)16-18-8/h1-2H,11-12H2,(H2,9,13)(H2,10,14)/b2-1-. The molecule has 2 aliphatic rings. The minimum atomic E-state index is -2.07. The second-order valence-corrected chi connectivity index (χ2v) is 3.83. The van der Waals surface area contributed by atoms with Crippen LogP contribution in [0.3, 0.4) is 0 Å². The van der Waals surface area contributed by atoms with Gasteiger partial charge in [0.2, 0.25) is 11.9 Å². The van der Waals surface area contributed by atoms with Gasteiger partial charge < -0.3 is 20.9 Å². The number of guanidine groups is 2. The lowest BCUT2D eigenvalue weighted by Gasteiger charge is -2.14. The lowest BCUT2D eigenvalue weighted by Crippen LogP contribution is -2.40. The van der Waals surface area contributed by atoms with Crippen LogP contribution in [0.4, 0.5) is 0 Å². The molecule has 22 heavy (non-hydrogen) atoms. The van der Waals surface area contributed by atoms with Crippen LogP contribution in [0.25, 0.3) is 0 Å². The lowest BCUT2D eigenvalue weighted by molar-refractivity contribution is -0.154. The number of rotatable bonds is 4. The largest absolute Gasteiger partial charge is 0.399 e. The summed E-state index contributed by atoms with van der Waals surface area (Å²) in [6.45, 7) is 0. The van der Waals surface area contributed by atoms with Crippen LogP contribution in [0.2, 0.25) is 0 Å². The van der Waals surface area contributed by atoms with E-state index in [1.165, 1.54) is 0 Å². The molecule has 14 heteroatoms. The molecule has 0 saturated carbocycles. The van der Waals surface area contributed by atoms with Gasteiger partial charge in [0.1, 0.15) is 0 Å². The molecule has 14 nitrogen and oxygen atoms in total. The maximum absolute atomic E-state index is 11.5. The summed E-state index contributed by atoms with van der Waals surface area (Å²) in [6, 6.07) is 0. The van der Waals surface area contributed by atoms with E-state index in [1.54, 1.807) is 0 Å². The Labute approximate surface area is 121 Å². The van der Waals surface area contributed by atoms with Gasteiger partial charge in [-0.3, -0.25) is 11.5 Å². The Kier molecular flexibility index (Phi) is 3.62. The maximum Gasteiger partial charge on any atom is 0.385 e. The molecule has 0 spiro atoms. The molecule has 2 aliphatic heterocycles. The van der Waals surface area contributed by atoms with E-state index in [-0.39, 0.29) is 11.9 Å². The van der Waals surface area contributed by atoms with Gasteiger partial charge in [0.05, 0.1) is 0 Å². The van der Waals surface area contributed by atoms with Crippen LogP contribution in [-0.4, -0.2) is 35.8 Å². The predicted molar refractivity (Wildman–Crippen MR) is 68.1 cm³/mol. The molecule has 2 unspecified atom stereocenters. The molecule has 0 radical (unpaired) electrons. The first-order valence-corrected chi connectivity index (χ1v) is 5.48. The number of azo groups is 2. The maximum atomic E-state index is 11.5. The molecule has 0 aromatic heterocycles. The minimum absolute atomic E-state index is 0.259. The molecule has 2 rings (SSSR count). The Morgan fingerprint density at radius 3 is 1.50 bits per heavy atom. The van der Waals surface area contributed by atoms with Crippen molar-refractivity contribution >= 4 is 23.9 Å². The Balaban J connectivity index is 1.89. The van der Waals surface area contributed by atoms with Crippen molar-refractivity contribution in [1.82, 2.24) is 0 Å². The Morgan fingerprint density at radius 2 is 1.23 bits per heavy atom. The zero-order valence-electron chi connectivity index (χ0n) is 10.8. The number of nitrogens with zero attached hydrogens (tertiary/aromatic N) is 6. The van der Waals surface area contributed by atoms with Crippen molar-refractivity contribution in [1.29, 1.82) is 0 Å². The average molecular weight is 310 g/mol. The Morgan fingerprint density at radius 1 is 0.864 bits per heavy atom. The first-order chi connectivity index (χ1) is 10.2. The average Bonchev–Trinajstić information content (AvgIpc) is 2.90. The Hall–Kier alpha value is -3.26. The highest BCUT2D eigenvalue weighted by molar-refractivity contribution is 5.92. The normalized spacial score (nSPS) is 29.5. The molecular formula is C8H10N10O4. The molecular weight excluding hydrogens is 300 g/mol. The third kappa shape index (κ3) is 3.64. The molecule has 116 valence electrons. The molecule has 0 fully saturated rings. The highest BCUT2D eigenvalue weighted by Gasteiger charge is 2.34. The number of hydrogen-bond acceptors (Lipinski definition) is 14. The van der Waals surface area contributed by atoms with Gasteiger partial charge in [-0.1, -0.05) is 10.2 Å². The van der Waals surface area contributed by atoms with E-state index in [9.17, 15) is 9.59 Å². The third-order valence-electron chi connectivity index (χ3n) is 2.00. The van der Waals surface area contributed by atoms with E-state index < -0.39 is 23.9 Å². The minimum Gasteiger partial charge on any atom is -0.399 e. The first-order valence-electron chi connectivity index (χ1n) is 5.48. The fraction of sp³-hybridized carbons (Fsp3) is 0.250. The van der Waals surface area contributed by atoms with Crippen LogP contribution < -0.4 is 22.9 Å². The third-order valence-corrected chi connectivity index (χ3v) is 2.00. The van der Waals surface area contributed by atoms with Crippen molar-refractivity contribution in [3.8, 4) is 0 Å². The fourth-order valence-electron chi connectivity index (χ4n) is 1.25. The van der Waals surface area contributed by atoms with Crippen molar-refractivity contribution in [3.05, 3.63) is 12.2 Å². The molecule has 0 aromatic rings. The van der Waals surface area contributed by atoms with E-state index >= 15 is 0 Å². The molecule has 0 amide bonds. The van der Waals surface area contributed by atoms with Crippen molar-refractivity contribution in [2.75, 3.05) is 0 Å². The SMILES string of the molecule is NC1=NC(N)(OC(=O)/C=C\C(=O)OC2(N)N=NC(N)=N2)N=N1. The van der Waals surface area contributed by atoms with Crippen LogP contribution in [0, 0.1) is 0 Å². The van der Waals surface area contributed by atoms with Crippen LogP contribution >= 0.6 is 0 Å². The zero-order valence-corrected chi connectivity index (χ0v) is 10.8. The van der Waals surface area contributed by atoms with E-state index in [2.05, 4.69) is 39.9 Å². The number of carbonyl (C=O) groups excluding carboxylic acids is 2. The molecule has 0 bridgehead atoms. The smallest absolute Gasteiger partial charge is 0.385 e. The molecule has 0 aromatic carbocycles. The van der Waals surface area contributed by atoms with Gasteiger partial charge in [-0.15, -0.1) is 10.2 Å². The summed E-state index contributed by atoms with van der Waals surface area (Å²) in [5.41, 5.74) is 21.2. The van der Waals surface area contributed by atoms with Crippen molar-refractivity contribution in [2.45, 2.75) is 11.9 Å². The van der Waals surface area contributed by atoms with E-state index in [4.69, 9.17) is 22.9 Å². The van der Waals surface area contributed by atoms with Crippen LogP contribution in [-0.2, 0) is 19.1 Å². The van der Waals surface area contributed by atoms with E-state index in [1.807, 2.05) is 0 Å². The fourth-order valence-corrected chi connectivity index (χ4v) is 1.25. The Bertz CT molecular complexity index is 610. The van der Waals surface area contributed by atoms with Crippen LogP contribution in [0.1, 0.15) is 0 Å². The summed E-state index contributed by atoms with van der Waals surface area (Å²) in [5.74, 6) is -6.76. The van der Waals surface area contributed by atoms with Crippen molar-refractivity contribution in [2.24, 2.45) is 53.4 Å². The number of carbonyl (C=O) groups is 2. The van der Waals surface area contributed by atoms with Crippen molar-refractivity contribution < 1.29 is 19.1 Å². The molecule has 2 heterocycles. The number of ether oxygens (including phenoxy) is 2. The van der Waals surface area contributed by atoms with Crippen LogP contribution in [0.5, 0.6) is 0 Å². The van der Waals surface area contributed by atoms with Gasteiger partial charge in [0, 0.05) is 12.2 Å². The van der Waals surface area contributed by atoms with Crippen molar-refractivity contribution in [3.63, 3.8) is 0 Å². The number of esters is 2. The predicted octanol–water partition coefficient (Wildman–Crippen LogP) is -2.67. The zero-order chi connectivity index (χ0) is 16.4. The highest BCUT2D eigenvalue weighted by Crippen LogP contribution is 2.15. The molecule has 2 atom stereocenters. The number of nitrogens with two attached hydrogens (primary N) is 4. The summed E-state index contributed by atoms with van der Waals surface area (Å²) in [7, 11) is 0. The van der Waals surface area contributed by atoms with Gasteiger partial charge in [-0.25, -0.2) is 9.59 Å². The lowest BCUT2D eigenvalue weighted by atomic mass is 10.5. The monoisotopic (exact) mass is 310 g/mol. The second kappa shape index (κ2) is 5.26. The van der Waals surface area contributed by atoms with E-state index in [0.717, 1.165) is 0 Å². The van der Waals surface area contributed by atoms with Gasteiger partial charge in [-0.05, 0) is 0 Å². The molecule has 0 aliphatic carbocycles. The number of hydrogen-bond donors (Lipinski definition) is 4. The first kappa shape index (κ1) is 15.1. The van der Waals surface area contributed by atoms with Crippen LogP contribution in [0.15, 0.2) is 42.6 Å². The summed E-state index contributed by atoms with van der Waals surface area (Å²) < 4.78 is 9.25. The van der Waals surface area contributed by atoms with E-state index in [0.29, 0.717) is 12.2 Å². The summed E-state index contributed by atoms with van der Waals surface area (Å²) in [5, 5.41) is 13.2. The topological polar surface area (TPSA) is 231 Å². The summed E-state index contributed by atoms with van der Waals surface area (Å²) in [4.78, 5) is 29.8. The molecule has 8 N–H and O–H groups in total. The second-order valence-electron chi connectivity index (χ2n) is 3.83. The van der Waals surface area contributed by atoms with Gasteiger partial charge in [-0.2, -0.15) is 9.98 Å². The highest BCUT2D eigenvalue weighted by atomic mass is 16.6. The van der Waals surface area contributed by atoms with Gasteiger partial charge in [0.15, 0.2) is 0 Å². The summed E-state index contributed by atoms with van der Waals surface area (Å²) in [6.07, 6.45) is 1.39. The summed E-state index contributed by atoms with van der Waals surface area (Å²) >= 11 is 0. The van der Waals surface area contributed by atoms with Gasteiger partial charge in [0.25, 0.3) is 0 Å². The number of aliphatic imine (C=N–C) groups is 2.